The number of nitrogens with two attached hydrogens (primary N) is 1. The molecule has 0 amide bonds. The van der Waals surface area contributed by atoms with Gasteiger partial charge in [0.05, 0.1) is 4.90 Å². The summed E-state index contributed by atoms with van der Waals surface area (Å²) in [5.41, 5.74) is 7.41. The van der Waals surface area contributed by atoms with Gasteiger partial charge in [-0.2, -0.15) is 4.98 Å². The molecule has 0 fully saturated rings. The average Bonchev–Trinajstić information content (AvgIpc) is 3.04. The molecule has 0 aliphatic rings. The number of aromatic nitrogens is 4. The molecule has 0 radical (unpaired) electrons. The predicted molar refractivity (Wildman–Crippen MR) is 94.7 cm³/mol. The zero-order chi connectivity index (χ0) is 17.9. The fourth-order valence-electron chi connectivity index (χ4n) is 2.25. The van der Waals surface area contributed by atoms with Crippen molar-refractivity contribution in [1.29, 1.82) is 0 Å². The molecule has 1 aromatic carbocycles. The van der Waals surface area contributed by atoms with E-state index >= 15 is 0 Å². The van der Waals surface area contributed by atoms with Gasteiger partial charge in [0.25, 0.3) is 0 Å². The maximum atomic E-state index is 12.2. The molecule has 0 atom stereocenters. The molecular weight excluding hydrogens is 342 g/mol. The van der Waals surface area contributed by atoms with Crippen molar-refractivity contribution in [2.75, 3.05) is 24.1 Å². The van der Waals surface area contributed by atoms with E-state index in [0.29, 0.717) is 31.0 Å². The summed E-state index contributed by atoms with van der Waals surface area (Å²) >= 11 is 0. The Kier molecular flexibility index (Phi) is 4.81. The van der Waals surface area contributed by atoms with Gasteiger partial charge in [0.2, 0.25) is 16.0 Å². The van der Waals surface area contributed by atoms with Crippen LogP contribution < -0.4 is 15.8 Å². The third-order valence-corrected chi connectivity index (χ3v) is 5.08. The van der Waals surface area contributed by atoms with E-state index in [1.807, 2.05) is 6.92 Å². The Labute approximate surface area is 145 Å². The van der Waals surface area contributed by atoms with Gasteiger partial charge in [-0.1, -0.05) is 17.7 Å². The molecule has 0 saturated heterocycles. The largest absolute Gasteiger partial charge is 0.370 e. The molecule has 10 heteroatoms. The van der Waals surface area contributed by atoms with Gasteiger partial charge in [0.1, 0.15) is 12.1 Å². The number of nitrogen functional groups attached to an aromatic ring is 1. The molecule has 0 unspecified atom stereocenters. The molecule has 2 heterocycles. The molecule has 0 bridgehead atoms. The zero-order valence-corrected chi connectivity index (χ0v) is 14.5. The number of sulfonamides is 1. The fourth-order valence-corrected chi connectivity index (χ4v) is 3.33. The van der Waals surface area contributed by atoms with Crippen LogP contribution in [0, 0.1) is 6.92 Å². The van der Waals surface area contributed by atoms with Crippen LogP contribution in [0.5, 0.6) is 0 Å². The second kappa shape index (κ2) is 7.03. The van der Waals surface area contributed by atoms with Crippen molar-refractivity contribution >= 4 is 27.4 Å². The monoisotopic (exact) mass is 361 g/mol. The molecular formula is C15H19N7O2S. The van der Waals surface area contributed by atoms with Crippen molar-refractivity contribution < 1.29 is 8.42 Å². The highest BCUT2D eigenvalue weighted by Crippen LogP contribution is 2.11. The first-order valence-corrected chi connectivity index (χ1v) is 9.20. The fraction of sp³-hybridized carbons (Fsp3) is 0.267. The van der Waals surface area contributed by atoms with E-state index in [2.05, 4.69) is 25.2 Å². The lowest BCUT2D eigenvalue weighted by atomic mass is 10.2. The average molecular weight is 361 g/mol. The maximum absolute atomic E-state index is 12.2. The van der Waals surface area contributed by atoms with Crippen molar-refractivity contribution in [3.05, 3.63) is 42.2 Å². The van der Waals surface area contributed by atoms with Gasteiger partial charge in [-0.25, -0.2) is 13.1 Å². The minimum absolute atomic E-state index is 0.262. The van der Waals surface area contributed by atoms with Crippen molar-refractivity contribution in [2.24, 2.45) is 0 Å². The third-order valence-electron chi connectivity index (χ3n) is 3.60. The summed E-state index contributed by atoms with van der Waals surface area (Å²) in [6, 6.07) is 8.45. The molecule has 3 aromatic rings. The van der Waals surface area contributed by atoms with E-state index in [4.69, 9.17) is 5.73 Å². The number of aryl methyl sites for hydroxylation is 1. The van der Waals surface area contributed by atoms with Crippen LogP contribution >= 0.6 is 0 Å². The van der Waals surface area contributed by atoms with Crippen LogP contribution in [0.15, 0.2) is 41.6 Å². The highest BCUT2D eigenvalue weighted by Gasteiger charge is 2.12. The molecule has 4 N–H and O–H groups in total. The zero-order valence-electron chi connectivity index (χ0n) is 13.7. The maximum Gasteiger partial charge on any atom is 0.240 e. The Morgan fingerprint density at radius 2 is 1.96 bits per heavy atom. The number of hydrogen-bond acceptors (Lipinski definition) is 7. The molecule has 25 heavy (non-hydrogen) atoms. The summed E-state index contributed by atoms with van der Waals surface area (Å²) in [5, 5.41) is 10.8. The summed E-state index contributed by atoms with van der Waals surface area (Å²) in [6.45, 7) is 2.76. The van der Waals surface area contributed by atoms with E-state index in [9.17, 15) is 8.42 Å². The predicted octanol–water partition coefficient (Wildman–Crippen LogP) is 0.795. The van der Waals surface area contributed by atoms with E-state index < -0.39 is 10.0 Å². The van der Waals surface area contributed by atoms with Crippen LogP contribution in [0.2, 0.25) is 0 Å². The quantitative estimate of drug-likeness (QED) is 0.531. The second-order valence-corrected chi connectivity index (χ2v) is 7.32. The lowest BCUT2D eigenvalue weighted by Crippen LogP contribution is -2.26. The van der Waals surface area contributed by atoms with E-state index in [1.54, 1.807) is 34.7 Å². The summed E-state index contributed by atoms with van der Waals surface area (Å²) < 4.78 is 28.5. The van der Waals surface area contributed by atoms with Crippen LogP contribution in [0.4, 0.5) is 11.8 Å². The number of nitrogens with one attached hydrogen (secondary N) is 2. The lowest BCUT2D eigenvalue weighted by Gasteiger charge is -2.09. The van der Waals surface area contributed by atoms with E-state index in [0.717, 1.165) is 5.56 Å². The van der Waals surface area contributed by atoms with E-state index in [1.165, 1.54) is 6.33 Å². The van der Waals surface area contributed by atoms with E-state index in [-0.39, 0.29) is 10.8 Å². The van der Waals surface area contributed by atoms with Crippen molar-refractivity contribution in [1.82, 2.24) is 24.3 Å². The first-order valence-electron chi connectivity index (χ1n) is 7.72. The molecule has 0 spiro atoms. The Balaban J connectivity index is 1.50. The topological polar surface area (TPSA) is 127 Å². The van der Waals surface area contributed by atoms with Crippen molar-refractivity contribution in [2.45, 2.75) is 18.2 Å². The Morgan fingerprint density at radius 3 is 2.72 bits per heavy atom. The molecule has 3 rings (SSSR count). The molecule has 0 aliphatic heterocycles. The van der Waals surface area contributed by atoms with Gasteiger partial charge in [-0.15, -0.1) is 10.2 Å². The minimum Gasteiger partial charge on any atom is -0.370 e. The molecule has 132 valence electrons. The van der Waals surface area contributed by atoms with Gasteiger partial charge in [0, 0.05) is 19.2 Å². The van der Waals surface area contributed by atoms with Gasteiger partial charge < -0.3 is 11.1 Å². The van der Waals surface area contributed by atoms with Gasteiger partial charge >= 0.3 is 0 Å². The molecule has 2 aromatic heterocycles. The number of anilines is 2. The number of benzene rings is 1. The Hall–Kier alpha value is -2.72. The number of rotatable bonds is 7. The highest BCUT2D eigenvalue weighted by atomic mass is 32.2. The van der Waals surface area contributed by atoms with Gasteiger partial charge in [0.15, 0.2) is 5.65 Å². The first-order chi connectivity index (χ1) is 12.0. The summed E-state index contributed by atoms with van der Waals surface area (Å²) in [5.74, 6) is 0.851. The smallest absolute Gasteiger partial charge is 0.240 e. The minimum atomic E-state index is -3.49. The molecule has 9 nitrogen and oxygen atoms in total. The highest BCUT2D eigenvalue weighted by molar-refractivity contribution is 7.89. The summed E-state index contributed by atoms with van der Waals surface area (Å²) in [6.07, 6.45) is 2.08. The van der Waals surface area contributed by atoms with Crippen molar-refractivity contribution in [3.8, 4) is 0 Å². The third kappa shape index (κ3) is 4.03. The summed E-state index contributed by atoms with van der Waals surface area (Å²) in [4.78, 5) is 4.45. The van der Waals surface area contributed by atoms with Gasteiger partial charge in [-0.3, -0.25) is 4.40 Å². The number of hydrogen-bond donors (Lipinski definition) is 3. The van der Waals surface area contributed by atoms with Crippen LogP contribution in [-0.4, -0.2) is 41.1 Å². The molecule has 0 aliphatic carbocycles. The lowest BCUT2D eigenvalue weighted by molar-refractivity contribution is 0.580. The number of fused-ring (bicyclic) bond motifs is 1. The Morgan fingerprint density at radius 1 is 1.20 bits per heavy atom. The Bertz CT molecular complexity index is 967. The van der Waals surface area contributed by atoms with Crippen LogP contribution in [0.25, 0.3) is 5.65 Å². The normalized spacial score (nSPS) is 11.7. The van der Waals surface area contributed by atoms with Crippen LogP contribution in [-0.2, 0) is 10.0 Å². The van der Waals surface area contributed by atoms with Gasteiger partial charge in [-0.05, 0) is 25.5 Å². The molecule has 0 saturated carbocycles. The van der Waals surface area contributed by atoms with Crippen molar-refractivity contribution in [3.63, 3.8) is 0 Å². The second-order valence-electron chi connectivity index (χ2n) is 5.55. The van der Waals surface area contributed by atoms with Crippen LogP contribution in [0.3, 0.4) is 0 Å². The number of nitrogens with zero attached hydrogens (tertiary/aromatic N) is 4. The van der Waals surface area contributed by atoms with Crippen LogP contribution in [0.1, 0.15) is 12.0 Å². The first kappa shape index (κ1) is 17.1. The summed E-state index contributed by atoms with van der Waals surface area (Å²) in [7, 11) is -3.49. The SMILES string of the molecule is Cc1ccc(S(=O)(=O)NCCCNc2cc3nncn3c(N)n2)cc1. The standard InChI is InChI=1S/C15H19N7O2S/c1-11-3-5-12(6-4-11)25(23,24)19-8-2-7-17-13-9-14-21-18-10-22(14)15(16)20-13/h3-6,9-10,17,19H,2,7-8H2,1H3,(H2,16,20).